The van der Waals surface area contributed by atoms with Crippen LogP contribution in [-0.4, -0.2) is 26.0 Å². The number of nitrogens with one attached hydrogen (secondary N) is 1. The van der Waals surface area contributed by atoms with Crippen molar-refractivity contribution in [1.82, 2.24) is 5.32 Å². The molecule has 1 aromatic rings. The van der Waals surface area contributed by atoms with Gasteiger partial charge in [-0.05, 0) is 65.5 Å². The Kier molecular flexibility index (Phi) is 5.44. The Bertz CT molecular complexity index is 508. The molecule has 1 fully saturated rings. The fraction of sp³-hybridized carbons (Fsp3) is 0.588. The van der Waals surface area contributed by atoms with Crippen molar-refractivity contribution in [2.45, 2.75) is 33.1 Å². The van der Waals surface area contributed by atoms with Gasteiger partial charge in [0.2, 0.25) is 0 Å². The van der Waals surface area contributed by atoms with Crippen LogP contribution in [0.25, 0.3) is 0 Å². The van der Waals surface area contributed by atoms with E-state index in [9.17, 15) is 4.79 Å². The molecule has 2 rings (SSSR count). The SMILES string of the molecule is COc1ccc(CC(=O)C(C)(C)C2CCCNC2)cc1Br. The minimum Gasteiger partial charge on any atom is -0.496 e. The Labute approximate surface area is 135 Å². The first-order valence-corrected chi connectivity index (χ1v) is 8.31. The van der Waals surface area contributed by atoms with E-state index in [4.69, 9.17) is 4.74 Å². The van der Waals surface area contributed by atoms with Gasteiger partial charge in [0, 0.05) is 11.8 Å². The van der Waals surface area contributed by atoms with Crippen LogP contribution in [-0.2, 0) is 11.2 Å². The van der Waals surface area contributed by atoms with E-state index in [1.165, 1.54) is 0 Å². The standard InChI is InChI=1S/C17H24BrNO2/c1-17(2,13-5-4-8-19-11-13)16(20)10-12-6-7-15(21-3)14(18)9-12/h6-7,9,13,19H,4-5,8,10-11H2,1-3H3. The second kappa shape index (κ2) is 6.93. The number of Topliss-reactive ketones (excluding diaryl/α,β-unsaturated/α-hetero) is 1. The molecule has 1 saturated heterocycles. The lowest BCUT2D eigenvalue weighted by Crippen LogP contribution is -2.43. The van der Waals surface area contributed by atoms with Crippen LogP contribution in [0.4, 0.5) is 0 Å². The largest absolute Gasteiger partial charge is 0.496 e. The van der Waals surface area contributed by atoms with Gasteiger partial charge >= 0.3 is 0 Å². The molecule has 4 heteroatoms. The lowest BCUT2D eigenvalue weighted by molar-refractivity contribution is -0.129. The van der Waals surface area contributed by atoms with Crippen molar-refractivity contribution >= 4 is 21.7 Å². The monoisotopic (exact) mass is 353 g/mol. The summed E-state index contributed by atoms with van der Waals surface area (Å²) in [6.45, 7) is 6.20. The van der Waals surface area contributed by atoms with E-state index in [2.05, 4.69) is 35.1 Å². The molecule has 116 valence electrons. The molecule has 1 heterocycles. The molecular weight excluding hydrogens is 330 g/mol. The van der Waals surface area contributed by atoms with Crippen LogP contribution in [0.15, 0.2) is 22.7 Å². The summed E-state index contributed by atoms with van der Waals surface area (Å²) in [5.41, 5.74) is 0.754. The van der Waals surface area contributed by atoms with Crippen LogP contribution >= 0.6 is 15.9 Å². The van der Waals surface area contributed by atoms with Crippen LogP contribution < -0.4 is 10.1 Å². The summed E-state index contributed by atoms with van der Waals surface area (Å²) in [7, 11) is 1.64. The third kappa shape index (κ3) is 3.86. The number of ketones is 1. The first-order chi connectivity index (χ1) is 9.95. The first-order valence-electron chi connectivity index (χ1n) is 7.51. The topological polar surface area (TPSA) is 38.3 Å². The van der Waals surface area contributed by atoms with Gasteiger partial charge in [0.05, 0.1) is 11.6 Å². The molecule has 0 bridgehead atoms. The molecule has 0 radical (unpaired) electrons. The van der Waals surface area contributed by atoms with Crippen LogP contribution in [0.2, 0.25) is 0 Å². The number of methoxy groups -OCH3 is 1. The van der Waals surface area contributed by atoms with Crippen LogP contribution in [0.3, 0.4) is 0 Å². The van der Waals surface area contributed by atoms with E-state index in [0.717, 1.165) is 41.7 Å². The predicted molar refractivity (Wildman–Crippen MR) is 88.8 cm³/mol. The summed E-state index contributed by atoms with van der Waals surface area (Å²) in [6, 6.07) is 5.85. The number of benzene rings is 1. The molecule has 1 aliphatic heterocycles. The average molecular weight is 354 g/mol. The Morgan fingerprint density at radius 2 is 2.24 bits per heavy atom. The number of hydrogen-bond acceptors (Lipinski definition) is 3. The van der Waals surface area contributed by atoms with Crippen LogP contribution in [0.5, 0.6) is 5.75 Å². The normalized spacial score (nSPS) is 19.3. The highest BCUT2D eigenvalue weighted by Crippen LogP contribution is 2.34. The molecule has 0 aliphatic carbocycles. The van der Waals surface area contributed by atoms with Gasteiger partial charge in [0.25, 0.3) is 0 Å². The predicted octanol–water partition coefficient (Wildman–Crippen LogP) is 3.60. The minimum absolute atomic E-state index is 0.278. The zero-order valence-corrected chi connectivity index (χ0v) is 14.6. The smallest absolute Gasteiger partial charge is 0.143 e. The summed E-state index contributed by atoms with van der Waals surface area (Å²) in [6.07, 6.45) is 2.78. The summed E-state index contributed by atoms with van der Waals surface area (Å²) in [5.74, 6) is 1.54. The molecule has 0 saturated carbocycles. The summed E-state index contributed by atoms with van der Waals surface area (Å²) < 4.78 is 6.12. The van der Waals surface area contributed by atoms with Crippen molar-refractivity contribution in [2.75, 3.05) is 20.2 Å². The van der Waals surface area contributed by atoms with E-state index < -0.39 is 0 Å². The number of piperidine rings is 1. The average Bonchev–Trinajstić information content (AvgIpc) is 2.48. The van der Waals surface area contributed by atoms with Gasteiger partial charge in [-0.1, -0.05) is 19.9 Å². The molecule has 0 spiro atoms. The molecule has 1 N–H and O–H groups in total. The maximum atomic E-state index is 12.7. The van der Waals surface area contributed by atoms with Gasteiger partial charge in [0.1, 0.15) is 11.5 Å². The lowest BCUT2D eigenvalue weighted by Gasteiger charge is -2.36. The molecule has 1 atom stereocenters. The van der Waals surface area contributed by atoms with Crippen molar-refractivity contribution in [2.24, 2.45) is 11.3 Å². The maximum absolute atomic E-state index is 12.7. The second-order valence-electron chi connectivity index (χ2n) is 6.33. The zero-order valence-electron chi connectivity index (χ0n) is 13.0. The third-order valence-corrected chi connectivity index (χ3v) is 5.24. The van der Waals surface area contributed by atoms with E-state index >= 15 is 0 Å². The Balaban J connectivity index is 2.07. The molecule has 1 aliphatic rings. The number of carbonyl (C=O) groups excluding carboxylic acids is 1. The first kappa shape index (κ1) is 16.5. The number of hydrogen-bond donors (Lipinski definition) is 1. The molecule has 21 heavy (non-hydrogen) atoms. The second-order valence-corrected chi connectivity index (χ2v) is 7.19. The van der Waals surface area contributed by atoms with Crippen molar-refractivity contribution < 1.29 is 9.53 Å². The molecule has 3 nitrogen and oxygen atoms in total. The molecule has 0 aromatic heterocycles. The fourth-order valence-corrected chi connectivity index (χ4v) is 3.52. The number of halogens is 1. The van der Waals surface area contributed by atoms with E-state index in [1.54, 1.807) is 7.11 Å². The van der Waals surface area contributed by atoms with E-state index in [1.807, 2.05) is 18.2 Å². The van der Waals surface area contributed by atoms with Crippen LogP contribution in [0, 0.1) is 11.3 Å². The summed E-state index contributed by atoms with van der Waals surface area (Å²) in [4.78, 5) is 12.7. The zero-order chi connectivity index (χ0) is 15.5. The van der Waals surface area contributed by atoms with Crippen molar-refractivity contribution in [3.05, 3.63) is 28.2 Å². The highest BCUT2D eigenvalue weighted by molar-refractivity contribution is 9.10. The minimum atomic E-state index is -0.278. The highest BCUT2D eigenvalue weighted by atomic mass is 79.9. The Morgan fingerprint density at radius 1 is 1.48 bits per heavy atom. The van der Waals surface area contributed by atoms with Gasteiger partial charge in [-0.25, -0.2) is 0 Å². The number of carbonyl (C=O) groups is 1. The summed E-state index contributed by atoms with van der Waals surface area (Å²) >= 11 is 3.48. The molecule has 1 unspecified atom stereocenters. The third-order valence-electron chi connectivity index (χ3n) is 4.62. The molecular formula is C17H24BrNO2. The van der Waals surface area contributed by atoms with E-state index in [0.29, 0.717) is 18.1 Å². The maximum Gasteiger partial charge on any atom is 0.143 e. The van der Waals surface area contributed by atoms with Crippen molar-refractivity contribution in [3.63, 3.8) is 0 Å². The Hall–Kier alpha value is -0.870. The van der Waals surface area contributed by atoms with Gasteiger partial charge in [-0.3, -0.25) is 4.79 Å². The van der Waals surface area contributed by atoms with Crippen molar-refractivity contribution in [3.8, 4) is 5.75 Å². The summed E-state index contributed by atoms with van der Waals surface area (Å²) in [5, 5.41) is 3.41. The van der Waals surface area contributed by atoms with E-state index in [-0.39, 0.29) is 5.41 Å². The molecule has 1 aromatic carbocycles. The molecule has 0 amide bonds. The van der Waals surface area contributed by atoms with Gasteiger partial charge in [-0.2, -0.15) is 0 Å². The lowest BCUT2D eigenvalue weighted by atomic mass is 9.71. The van der Waals surface area contributed by atoms with Gasteiger partial charge < -0.3 is 10.1 Å². The van der Waals surface area contributed by atoms with Crippen LogP contribution in [0.1, 0.15) is 32.3 Å². The van der Waals surface area contributed by atoms with Gasteiger partial charge in [0.15, 0.2) is 0 Å². The van der Waals surface area contributed by atoms with Crippen molar-refractivity contribution in [1.29, 1.82) is 0 Å². The van der Waals surface area contributed by atoms with Gasteiger partial charge in [-0.15, -0.1) is 0 Å². The number of ether oxygens (including phenoxy) is 1. The quantitative estimate of drug-likeness (QED) is 0.878. The highest BCUT2D eigenvalue weighted by Gasteiger charge is 2.36. The number of rotatable bonds is 5. The fourth-order valence-electron chi connectivity index (χ4n) is 2.93. The Morgan fingerprint density at radius 3 is 2.81 bits per heavy atom.